The first-order valence-electron chi connectivity index (χ1n) is 7.55. The zero-order chi connectivity index (χ0) is 15.2. The van der Waals surface area contributed by atoms with Crippen molar-refractivity contribution in [3.63, 3.8) is 0 Å². The average Bonchev–Trinajstić information content (AvgIpc) is 3.37. The molecule has 3 heteroatoms. The molecule has 0 aromatic heterocycles. The van der Waals surface area contributed by atoms with E-state index >= 15 is 0 Å². The highest BCUT2D eigenvalue weighted by Gasteiger charge is 2.21. The lowest BCUT2D eigenvalue weighted by atomic mass is 10.2. The van der Waals surface area contributed by atoms with Crippen molar-refractivity contribution in [1.29, 1.82) is 0 Å². The van der Waals surface area contributed by atoms with Crippen LogP contribution in [0.3, 0.4) is 0 Å². The molecule has 2 aromatic rings. The Morgan fingerprint density at radius 1 is 1.09 bits per heavy atom. The Hall–Kier alpha value is -2.55. The first-order chi connectivity index (χ1) is 10.8. The van der Waals surface area contributed by atoms with Crippen LogP contribution in [-0.2, 0) is 11.4 Å². The zero-order valence-electron chi connectivity index (χ0n) is 12.4. The van der Waals surface area contributed by atoms with E-state index in [1.54, 1.807) is 6.08 Å². The van der Waals surface area contributed by atoms with Crippen LogP contribution in [0.4, 0.5) is 0 Å². The van der Waals surface area contributed by atoms with Crippen LogP contribution in [0, 0.1) is 0 Å². The van der Waals surface area contributed by atoms with Gasteiger partial charge in [-0.15, -0.1) is 0 Å². The lowest BCUT2D eigenvalue weighted by Crippen LogP contribution is -2.22. The highest BCUT2D eigenvalue weighted by Crippen LogP contribution is 2.18. The Labute approximate surface area is 130 Å². The van der Waals surface area contributed by atoms with Crippen LogP contribution in [0.5, 0.6) is 5.75 Å². The van der Waals surface area contributed by atoms with Crippen LogP contribution in [0.15, 0.2) is 60.7 Å². The smallest absolute Gasteiger partial charge is 0.244 e. The second-order valence-electron chi connectivity index (χ2n) is 5.46. The number of amides is 1. The van der Waals surface area contributed by atoms with Gasteiger partial charge in [-0.2, -0.15) is 0 Å². The average molecular weight is 293 g/mol. The monoisotopic (exact) mass is 293 g/mol. The van der Waals surface area contributed by atoms with E-state index in [4.69, 9.17) is 4.74 Å². The molecule has 1 saturated carbocycles. The van der Waals surface area contributed by atoms with Crippen LogP contribution >= 0.6 is 0 Å². The van der Waals surface area contributed by atoms with E-state index < -0.39 is 0 Å². The SMILES string of the molecule is O=C(/C=C/c1ccc(OCc2ccccc2)cc1)NC1CC1. The second-order valence-corrected chi connectivity index (χ2v) is 5.46. The molecule has 0 unspecified atom stereocenters. The van der Waals surface area contributed by atoms with Crippen molar-refractivity contribution in [3.05, 3.63) is 71.8 Å². The normalized spacial score (nSPS) is 14.0. The number of benzene rings is 2. The summed E-state index contributed by atoms with van der Waals surface area (Å²) >= 11 is 0. The van der Waals surface area contributed by atoms with Gasteiger partial charge in [0.2, 0.25) is 5.91 Å². The third-order valence-electron chi connectivity index (χ3n) is 3.48. The molecule has 0 radical (unpaired) electrons. The number of hydrogen-bond acceptors (Lipinski definition) is 2. The van der Waals surface area contributed by atoms with Crippen molar-refractivity contribution in [1.82, 2.24) is 5.32 Å². The van der Waals surface area contributed by atoms with Crippen LogP contribution in [-0.4, -0.2) is 11.9 Å². The number of carbonyl (C=O) groups excluding carboxylic acids is 1. The maximum atomic E-state index is 11.6. The van der Waals surface area contributed by atoms with E-state index in [1.165, 1.54) is 0 Å². The maximum absolute atomic E-state index is 11.6. The number of hydrogen-bond donors (Lipinski definition) is 1. The van der Waals surface area contributed by atoms with Crippen molar-refractivity contribution in [3.8, 4) is 5.75 Å². The number of ether oxygens (including phenoxy) is 1. The van der Waals surface area contributed by atoms with Gasteiger partial charge in [-0.05, 0) is 42.2 Å². The van der Waals surface area contributed by atoms with E-state index in [2.05, 4.69) is 5.32 Å². The Morgan fingerprint density at radius 2 is 1.82 bits per heavy atom. The Balaban J connectivity index is 1.51. The minimum absolute atomic E-state index is 0.0214. The largest absolute Gasteiger partial charge is 0.489 e. The molecule has 0 atom stereocenters. The standard InChI is InChI=1S/C19H19NO2/c21-19(20-17-9-10-17)13-8-15-6-11-18(12-7-15)22-14-16-4-2-1-3-5-16/h1-8,11-13,17H,9-10,14H2,(H,20,21)/b13-8+. The molecule has 0 bridgehead atoms. The summed E-state index contributed by atoms with van der Waals surface area (Å²) in [6.45, 7) is 0.555. The van der Waals surface area contributed by atoms with Crippen LogP contribution in [0.25, 0.3) is 6.08 Å². The third kappa shape index (κ3) is 4.48. The van der Waals surface area contributed by atoms with Gasteiger partial charge in [-0.25, -0.2) is 0 Å². The highest BCUT2D eigenvalue weighted by molar-refractivity contribution is 5.92. The summed E-state index contributed by atoms with van der Waals surface area (Å²) in [5, 5.41) is 2.92. The van der Waals surface area contributed by atoms with Crippen LogP contribution < -0.4 is 10.1 Å². The number of carbonyl (C=O) groups is 1. The fourth-order valence-electron chi connectivity index (χ4n) is 2.06. The van der Waals surface area contributed by atoms with Gasteiger partial charge in [0.25, 0.3) is 0 Å². The fraction of sp³-hybridized carbons (Fsp3) is 0.211. The molecule has 2 aromatic carbocycles. The van der Waals surface area contributed by atoms with Gasteiger partial charge < -0.3 is 10.1 Å². The molecule has 0 heterocycles. The van der Waals surface area contributed by atoms with Crippen LogP contribution in [0.1, 0.15) is 24.0 Å². The van der Waals surface area contributed by atoms with Crippen molar-refractivity contribution in [2.75, 3.05) is 0 Å². The van der Waals surface area contributed by atoms with E-state index in [1.807, 2.05) is 60.7 Å². The molecule has 1 fully saturated rings. The number of nitrogens with one attached hydrogen (secondary N) is 1. The van der Waals surface area contributed by atoms with Gasteiger partial charge in [-0.3, -0.25) is 4.79 Å². The van der Waals surface area contributed by atoms with Gasteiger partial charge in [0, 0.05) is 12.1 Å². The van der Waals surface area contributed by atoms with Crippen molar-refractivity contribution in [2.45, 2.75) is 25.5 Å². The Kier molecular flexibility index (Phi) is 4.54. The topological polar surface area (TPSA) is 38.3 Å². The van der Waals surface area contributed by atoms with Gasteiger partial charge in [0.15, 0.2) is 0 Å². The quantitative estimate of drug-likeness (QED) is 0.827. The van der Waals surface area contributed by atoms with E-state index in [9.17, 15) is 4.79 Å². The van der Waals surface area contributed by atoms with Gasteiger partial charge in [0.05, 0.1) is 0 Å². The molecular weight excluding hydrogens is 274 g/mol. The fourth-order valence-corrected chi connectivity index (χ4v) is 2.06. The molecular formula is C19H19NO2. The maximum Gasteiger partial charge on any atom is 0.244 e. The summed E-state index contributed by atoms with van der Waals surface area (Å²) in [6, 6.07) is 18.2. The molecule has 1 N–H and O–H groups in total. The zero-order valence-corrected chi connectivity index (χ0v) is 12.4. The minimum atomic E-state index is -0.0214. The summed E-state index contributed by atoms with van der Waals surface area (Å²) in [6.07, 6.45) is 5.61. The predicted molar refractivity (Wildman–Crippen MR) is 87.4 cm³/mol. The molecule has 1 aliphatic carbocycles. The van der Waals surface area contributed by atoms with Gasteiger partial charge in [-0.1, -0.05) is 42.5 Å². The summed E-state index contributed by atoms with van der Waals surface area (Å²) in [5.74, 6) is 0.801. The molecule has 3 rings (SSSR count). The molecule has 0 aliphatic heterocycles. The van der Waals surface area contributed by atoms with Crippen molar-refractivity contribution < 1.29 is 9.53 Å². The van der Waals surface area contributed by atoms with Crippen LogP contribution in [0.2, 0.25) is 0 Å². The predicted octanol–water partition coefficient (Wildman–Crippen LogP) is 3.56. The summed E-state index contributed by atoms with van der Waals surface area (Å²) < 4.78 is 5.73. The lowest BCUT2D eigenvalue weighted by Gasteiger charge is -2.06. The Morgan fingerprint density at radius 3 is 2.50 bits per heavy atom. The van der Waals surface area contributed by atoms with E-state index in [0.29, 0.717) is 12.6 Å². The molecule has 1 aliphatic rings. The Bertz CT molecular complexity index is 643. The van der Waals surface area contributed by atoms with E-state index in [-0.39, 0.29) is 5.91 Å². The molecule has 0 spiro atoms. The van der Waals surface area contributed by atoms with Crippen molar-refractivity contribution in [2.24, 2.45) is 0 Å². The first kappa shape index (κ1) is 14.4. The summed E-state index contributed by atoms with van der Waals surface area (Å²) in [4.78, 5) is 11.6. The third-order valence-corrected chi connectivity index (χ3v) is 3.48. The summed E-state index contributed by atoms with van der Waals surface area (Å²) in [5.41, 5.74) is 2.13. The molecule has 1 amide bonds. The minimum Gasteiger partial charge on any atom is -0.489 e. The molecule has 22 heavy (non-hydrogen) atoms. The van der Waals surface area contributed by atoms with Gasteiger partial charge >= 0.3 is 0 Å². The summed E-state index contributed by atoms with van der Waals surface area (Å²) in [7, 11) is 0. The molecule has 112 valence electrons. The molecule has 0 saturated heterocycles. The highest BCUT2D eigenvalue weighted by atomic mass is 16.5. The number of rotatable bonds is 6. The molecule has 3 nitrogen and oxygen atoms in total. The van der Waals surface area contributed by atoms with E-state index in [0.717, 1.165) is 29.7 Å². The van der Waals surface area contributed by atoms with Gasteiger partial charge in [0.1, 0.15) is 12.4 Å². The van der Waals surface area contributed by atoms with Crippen molar-refractivity contribution >= 4 is 12.0 Å². The second kappa shape index (κ2) is 6.94. The first-order valence-corrected chi connectivity index (χ1v) is 7.55. The lowest BCUT2D eigenvalue weighted by molar-refractivity contribution is -0.116.